The molecule has 2 rings (SSSR count). The van der Waals surface area contributed by atoms with Crippen LogP contribution in [0.1, 0.15) is 18.4 Å². The molecule has 1 heterocycles. The van der Waals surface area contributed by atoms with Gasteiger partial charge in [0.05, 0.1) is 5.92 Å². The van der Waals surface area contributed by atoms with Crippen molar-refractivity contribution in [3.05, 3.63) is 35.6 Å². The van der Waals surface area contributed by atoms with Gasteiger partial charge in [-0.3, -0.25) is 9.69 Å². The van der Waals surface area contributed by atoms with Crippen LogP contribution >= 0.6 is 24.8 Å². The monoisotopic (exact) mass is 379 g/mol. The normalized spacial score (nSPS) is 17.5. The van der Waals surface area contributed by atoms with Crippen molar-refractivity contribution in [2.45, 2.75) is 19.4 Å². The first kappa shape index (κ1) is 23.1. The molecule has 7 heteroatoms. The van der Waals surface area contributed by atoms with Crippen molar-refractivity contribution in [1.29, 1.82) is 0 Å². The van der Waals surface area contributed by atoms with Gasteiger partial charge in [0.15, 0.2) is 0 Å². The molecule has 1 aliphatic heterocycles. The van der Waals surface area contributed by atoms with E-state index < -0.39 is 0 Å². The van der Waals surface area contributed by atoms with E-state index in [2.05, 4.69) is 10.2 Å². The van der Waals surface area contributed by atoms with Crippen LogP contribution < -0.4 is 5.32 Å². The molecule has 1 aliphatic rings. The van der Waals surface area contributed by atoms with E-state index in [9.17, 15) is 9.18 Å². The van der Waals surface area contributed by atoms with Gasteiger partial charge in [-0.05, 0) is 44.1 Å². The van der Waals surface area contributed by atoms with Gasteiger partial charge in [0.2, 0.25) is 5.91 Å². The van der Waals surface area contributed by atoms with Crippen LogP contribution in [0, 0.1) is 11.7 Å². The number of nitrogens with zero attached hydrogens (tertiary/aromatic N) is 2. The van der Waals surface area contributed by atoms with E-state index in [0.29, 0.717) is 6.54 Å². The maximum absolute atomic E-state index is 13.3. The molecule has 1 atom stereocenters. The van der Waals surface area contributed by atoms with Crippen molar-refractivity contribution < 1.29 is 9.18 Å². The Morgan fingerprint density at radius 1 is 1.42 bits per heavy atom. The van der Waals surface area contributed by atoms with Crippen LogP contribution in [0.25, 0.3) is 0 Å². The summed E-state index contributed by atoms with van der Waals surface area (Å²) in [6.45, 7) is 3.99. The second-order valence-electron chi connectivity index (χ2n) is 6.07. The Morgan fingerprint density at radius 3 is 2.83 bits per heavy atom. The number of likely N-dealkylation sites (tertiary alicyclic amines) is 1. The minimum atomic E-state index is -0.200. The summed E-state index contributed by atoms with van der Waals surface area (Å²) >= 11 is 0. The van der Waals surface area contributed by atoms with Gasteiger partial charge in [-0.1, -0.05) is 12.1 Å². The summed E-state index contributed by atoms with van der Waals surface area (Å²) in [4.78, 5) is 16.5. The predicted octanol–water partition coefficient (Wildman–Crippen LogP) is 2.56. The third-order valence-corrected chi connectivity index (χ3v) is 4.22. The lowest BCUT2D eigenvalue weighted by atomic mass is 9.96. The van der Waals surface area contributed by atoms with Gasteiger partial charge in [-0.15, -0.1) is 24.8 Å². The molecule has 1 saturated heterocycles. The molecule has 1 amide bonds. The highest BCUT2D eigenvalue weighted by Gasteiger charge is 2.27. The maximum Gasteiger partial charge on any atom is 0.226 e. The highest BCUT2D eigenvalue weighted by Crippen LogP contribution is 2.20. The molecular weight excluding hydrogens is 352 g/mol. The number of likely N-dealkylation sites (N-methyl/N-ethyl adjacent to an activating group) is 2. The molecule has 0 aliphatic carbocycles. The lowest BCUT2D eigenvalue weighted by Crippen LogP contribution is -2.44. The quantitative estimate of drug-likeness (QED) is 0.824. The van der Waals surface area contributed by atoms with Gasteiger partial charge in [0, 0.05) is 33.2 Å². The summed E-state index contributed by atoms with van der Waals surface area (Å²) in [7, 11) is 3.75. The van der Waals surface area contributed by atoms with Crippen molar-refractivity contribution in [2.24, 2.45) is 5.92 Å². The van der Waals surface area contributed by atoms with Crippen LogP contribution in [-0.4, -0.2) is 56.0 Å². The van der Waals surface area contributed by atoms with Gasteiger partial charge in [-0.2, -0.15) is 0 Å². The molecule has 1 fully saturated rings. The SMILES string of the molecule is CNCCN(C)C(=O)C1CCCN(Cc2cccc(F)c2)C1.Cl.Cl. The lowest BCUT2D eigenvalue weighted by molar-refractivity contribution is -0.136. The van der Waals surface area contributed by atoms with Gasteiger partial charge in [0.1, 0.15) is 5.82 Å². The summed E-state index contributed by atoms with van der Waals surface area (Å²) < 4.78 is 13.3. The van der Waals surface area contributed by atoms with Crippen molar-refractivity contribution in [1.82, 2.24) is 15.1 Å². The fourth-order valence-electron chi connectivity index (χ4n) is 3.00. The van der Waals surface area contributed by atoms with Crippen LogP contribution in [0.15, 0.2) is 24.3 Å². The van der Waals surface area contributed by atoms with Crippen molar-refractivity contribution in [3.8, 4) is 0 Å². The molecule has 0 saturated carbocycles. The van der Waals surface area contributed by atoms with Crippen LogP contribution in [0.3, 0.4) is 0 Å². The van der Waals surface area contributed by atoms with E-state index in [4.69, 9.17) is 0 Å². The highest BCUT2D eigenvalue weighted by atomic mass is 35.5. The lowest BCUT2D eigenvalue weighted by Gasteiger charge is -2.34. The largest absolute Gasteiger partial charge is 0.344 e. The van der Waals surface area contributed by atoms with Gasteiger partial charge in [0.25, 0.3) is 0 Å². The Labute approximate surface area is 156 Å². The molecule has 138 valence electrons. The molecule has 0 spiro atoms. The standard InChI is InChI=1S/C17H26FN3O.2ClH/c1-19-8-10-20(2)17(22)15-6-4-9-21(13-15)12-14-5-3-7-16(18)11-14;;/h3,5,7,11,15,19H,4,6,8-10,12-13H2,1-2H3;2*1H. The van der Waals surface area contributed by atoms with E-state index >= 15 is 0 Å². The van der Waals surface area contributed by atoms with Crippen molar-refractivity contribution >= 4 is 30.7 Å². The highest BCUT2D eigenvalue weighted by molar-refractivity contribution is 5.85. The zero-order valence-electron chi connectivity index (χ0n) is 14.3. The van der Waals surface area contributed by atoms with Crippen LogP contribution in [0.5, 0.6) is 0 Å². The Kier molecular flexibility index (Phi) is 11.2. The fraction of sp³-hybridized carbons (Fsp3) is 0.588. The van der Waals surface area contributed by atoms with Crippen LogP contribution in [0.2, 0.25) is 0 Å². The summed E-state index contributed by atoms with van der Waals surface area (Å²) in [6, 6.07) is 6.71. The zero-order chi connectivity index (χ0) is 15.9. The minimum Gasteiger partial charge on any atom is -0.344 e. The number of hydrogen-bond donors (Lipinski definition) is 1. The van der Waals surface area contributed by atoms with E-state index in [1.54, 1.807) is 12.1 Å². The Morgan fingerprint density at radius 2 is 2.17 bits per heavy atom. The number of piperidine rings is 1. The zero-order valence-corrected chi connectivity index (χ0v) is 16.0. The second kappa shape index (κ2) is 11.6. The molecule has 1 N–H and O–H groups in total. The molecule has 1 aromatic carbocycles. The molecule has 1 unspecified atom stereocenters. The molecule has 0 bridgehead atoms. The second-order valence-corrected chi connectivity index (χ2v) is 6.07. The third-order valence-electron chi connectivity index (χ3n) is 4.22. The molecule has 1 aromatic rings. The summed E-state index contributed by atoms with van der Waals surface area (Å²) in [5, 5.41) is 3.06. The number of carbonyl (C=O) groups excluding carboxylic acids is 1. The summed E-state index contributed by atoms with van der Waals surface area (Å²) in [5.41, 5.74) is 0.969. The van der Waals surface area contributed by atoms with E-state index in [1.165, 1.54) is 6.07 Å². The molecule has 24 heavy (non-hydrogen) atoms. The fourth-order valence-corrected chi connectivity index (χ4v) is 3.00. The molecule has 0 aromatic heterocycles. The number of halogens is 3. The van der Waals surface area contributed by atoms with Gasteiger partial charge >= 0.3 is 0 Å². The minimum absolute atomic E-state index is 0. The summed E-state index contributed by atoms with van der Waals surface area (Å²) in [5.74, 6) is 0.0808. The van der Waals surface area contributed by atoms with Crippen molar-refractivity contribution in [3.63, 3.8) is 0 Å². The average Bonchev–Trinajstić information content (AvgIpc) is 2.52. The first-order chi connectivity index (χ1) is 10.6. The van der Waals surface area contributed by atoms with Crippen molar-refractivity contribution in [2.75, 3.05) is 40.3 Å². The van der Waals surface area contributed by atoms with Gasteiger partial charge < -0.3 is 10.2 Å². The van der Waals surface area contributed by atoms with Crippen LogP contribution in [-0.2, 0) is 11.3 Å². The van der Waals surface area contributed by atoms with E-state index in [1.807, 2.05) is 25.1 Å². The Hall–Kier alpha value is -0.880. The van der Waals surface area contributed by atoms with Gasteiger partial charge in [-0.25, -0.2) is 4.39 Å². The topological polar surface area (TPSA) is 35.6 Å². The smallest absolute Gasteiger partial charge is 0.226 e. The number of hydrogen-bond acceptors (Lipinski definition) is 3. The predicted molar refractivity (Wildman–Crippen MR) is 100 cm³/mol. The average molecular weight is 380 g/mol. The van der Waals surface area contributed by atoms with E-state index in [0.717, 1.165) is 44.6 Å². The molecule has 0 radical (unpaired) electrons. The third kappa shape index (κ3) is 6.93. The molecular formula is C17H28Cl2FN3O. The number of rotatable bonds is 6. The molecule has 4 nitrogen and oxygen atoms in total. The first-order valence-electron chi connectivity index (χ1n) is 7.96. The first-order valence-corrected chi connectivity index (χ1v) is 7.96. The number of nitrogens with one attached hydrogen (secondary N) is 1. The summed E-state index contributed by atoms with van der Waals surface area (Å²) in [6.07, 6.45) is 1.97. The van der Waals surface area contributed by atoms with E-state index in [-0.39, 0.29) is 42.5 Å². The van der Waals surface area contributed by atoms with Crippen LogP contribution in [0.4, 0.5) is 4.39 Å². The Bertz CT molecular complexity index is 504. The number of benzene rings is 1. The number of carbonyl (C=O) groups is 1. The number of amides is 1. The Balaban J connectivity index is 0.00000264. The maximum atomic E-state index is 13.3.